The molecule has 0 aromatic carbocycles. The molecule has 18 heavy (non-hydrogen) atoms. The summed E-state index contributed by atoms with van der Waals surface area (Å²) in [4.78, 5) is 1.13. The fourth-order valence-electron chi connectivity index (χ4n) is 1.88. The van der Waals surface area contributed by atoms with E-state index >= 15 is 0 Å². The fraction of sp³-hybridized carbons (Fsp3) is 0.714. The van der Waals surface area contributed by atoms with Gasteiger partial charge in [0.2, 0.25) is 0 Å². The summed E-state index contributed by atoms with van der Waals surface area (Å²) in [7, 11) is 0. The Hall–Kier alpha value is -0.0900. The molecule has 0 bridgehead atoms. The van der Waals surface area contributed by atoms with Crippen LogP contribution in [0.15, 0.2) is 12.1 Å². The average Bonchev–Trinajstić information content (AvgIpc) is 2.79. The Balaban J connectivity index is 2.13. The highest BCUT2D eigenvalue weighted by atomic mass is 35.5. The van der Waals surface area contributed by atoms with Gasteiger partial charge in [-0.2, -0.15) is 0 Å². The second kappa shape index (κ2) is 9.79. The third kappa shape index (κ3) is 6.19. The first-order chi connectivity index (χ1) is 8.77. The van der Waals surface area contributed by atoms with Gasteiger partial charge in [0.1, 0.15) is 6.10 Å². The van der Waals surface area contributed by atoms with Gasteiger partial charge in [-0.1, -0.05) is 50.6 Å². The van der Waals surface area contributed by atoms with Crippen LogP contribution < -0.4 is 5.73 Å². The summed E-state index contributed by atoms with van der Waals surface area (Å²) in [6.07, 6.45) is 7.69. The maximum absolute atomic E-state index is 5.92. The van der Waals surface area contributed by atoms with Crippen molar-refractivity contribution in [2.45, 2.75) is 51.6 Å². The molecule has 0 amide bonds. The van der Waals surface area contributed by atoms with Crippen LogP contribution in [-0.4, -0.2) is 13.2 Å². The molecule has 1 heterocycles. The van der Waals surface area contributed by atoms with Gasteiger partial charge in [-0.3, -0.25) is 0 Å². The van der Waals surface area contributed by atoms with Gasteiger partial charge in [-0.25, -0.2) is 0 Å². The van der Waals surface area contributed by atoms with Gasteiger partial charge in [0.15, 0.2) is 0 Å². The normalized spacial score (nSPS) is 12.8. The molecule has 1 aromatic rings. The predicted octanol–water partition coefficient (Wildman–Crippen LogP) is 4.78. The van der Waals surface area contributed by atoms with Crippen molar-refractivity contribution in [1.29, 1.82) is 0 Å². The van der Waals surface area contributed by atoms with Crippen molar-refractivity contribution in [2.75, 3.05) is 13.2 Å². The third-order valence-electron chi connectivity index (χ3n) is 2.94. The fourth-order valence-corrected chi connectivity index (χ4v) is 3.00. The van der Waals surface area contributed by atoms with E-state index < -0.39 is 0 Å². The zero-order valence-corrected chi connectivity index (χ0v) is 12.7. The lowest BCUT2D eigenvalue weighted by Crippen LogP contribution is -2.15. The number of rotatable bonds is 10. The van der Waals surface area contributed by atoms with Crippen molar-refractivity contribution < 1.29 is 4.74 Å². The SMILES string of the molecule is CCCCCCCCOC(CN)c1ccc(Cl)s1. The summed E-state index contributed by atoms with van der Waals surface area (Å²) in [5.74, 6) is 0. The molecule has 2 nitrogen and oxygen atoms in total. The number of thiophene rings is 1. The van der Waals surface area contributed by atoms with Crippen LogP contribution in [0.4, 0.5) is 0 Å². The lowest BCUT2D eigenvalue weighted by Gasteiger charge is -2.14. The van der Waals surface area contributed by atoms with Gasteiger partial charge in [-0.05, 0) is 18.6 Å². The molecule has 1 unspecified atom stereocenters. The van der Waals surface area contributed by atoms with E-state index in [1.165, 1.54) is 32.1 Å². The molecule has 1 rings (SSSR count). The first-order valence-corrected chi connectivity index (χ1v) is 8.04. The molecule has 0 aliphatic carbocycles. The van der Waals surface area contributed by atoms with Crippen molar-refractivity contribution in [3.8, 4) is 0 Å². The van der Waals surface area contributed by atoms with Crippen molar-refractivity contribution in [3.63, 3.8) is 0 Å². The minimum absolute atomic E-state index is 0.0122. The molecule has 1 atom stereocenters. The van der Waals surface area contributed by atoms with E-state index in [-0.39, 0.29) is 6.10 Å². The Labute approximate surface area is 119 Å². The van der Waals surface area contributed by atoms with E-state index in [2.05, 4.69) is 6.92 Å². The average molecular weight is 290 g/mol. The first kappa shape index (κ1) is 16.0. The Morgan fingerprint density at radius 3 is 2.56 bits per heavy atom. The largest absolute Gasteiger partial charge is 0.371 e. The van der Waals surface area contributed by atoms with Crippen LogP contribution in [0.3, 0.4) is 0 Å². The van der Waals surface area contributed by atoms with E-state index in [4.69, 9.17) is 22.1 Å². The molecule has 0 spiro atoms. The topological polar surface area (TPSA) is 35.2 Å². The van der Waals surface area contributed by atoms with E-state index in [0.29, 0.717) is 6.54 Å². The van der Waals surface area contributed by atoms with Crippen LogP contribution in [0.2, 0.25) is 4.34 Å². The number of hydrogen-bond donors (Lipinski definition) is 1. The van der Waals surface area contributed by atoms with E-state index in [9.17, 15) is 0 Å². The number of halogens is 1. The Kier molecular flexibility index (Phi) is 8.68. The van der Waals surface area contributed by atoms with Crippen LogP contribution >= 0.6 is 22.9 Å². The maximum atomic E-state index is 5.92. The summed E-state index contributed by atoms with van der Waals surface area (Å²) in [6, 6.07) is 3.91. The van der Waals surface area contributed by atoms with Crippen LogP contribution in [0.25, 0.3) is 0 Å². The molecule has 0 saturated heterocycles. The number of hydrogen-bond acceptors (Lipinski definition) is 3. The standard InChI is InChI=1S/C14H24ClNOS/c1-2-3-4-5-6-7-10-17-12(11-16)13-8-9-14(15)18-13/h8-9,12H,2-7,10-11,16H2,1H3. The van der Waals surface area contributed by atoms with Gasteiger partial charge in [-0.15, -0.1) is 11.3 Å². The van der Waals surface area contributed by atoms with Crippen LogP contribution in [0.5, 0.6) is 0 Å². The minimum atomic E-state index is 0.0122. The van der Waals surface area contributed by atoms with Crippen molar-refractivity contribution in [3.05, 3.63) is 21.3 Å². The summed E-state index contributed by atoms with van der Waals surface area (Å²) >= 11 is 7.47. The molecule has 4 heteroatoms. The first-order valence-electron chi connectivity index (χ1n) is 6.84. The molecule has 0 fully saturated rings. The molecule has 104 valence electrons. The molecular formula is C14H24ClNOS. The molecule has 2 N–H and O–H groups in total. The predicted molar refractivity (Wildman–Crippen MR) is 80.5 cm³/mol. The molecule has 1 aromatic heterocycles. The summed E-state index contributed by atoms with van der Waals surface area (Å²) in [5, 5.41) is 0. The zero-order chi connectivity index (χ0) is 13.2. The third-order valence-corrected chi connectivity index (χ3v) is 4.27. The highest BCUT2D eigenvalue weighted by molar-refractivity contribution is 7.16. The monoisotopic (exact) mass is 289 g/mol. The lowest BCUT2D eigenvalue weighted by atomic mass is 10.1. The second-order valence-corrected chi connectivity index (χ2v) is 6.25. The van der Waals surface area contributed by atoms with Crippen molar-refractivity contribution in [1.82, 2.24) is 0 Å². The minimum Gasteiger partial charge on any atom is -0.371 e. The van der Waals surface area contributed by atoms with E-state index in [1.807, 2.05) is 12.1 Å². The van der Waals surface area contributed by atoms with E-state index in [1.54, 1.807) is 11.3 Å². The van der Waals surface area contributed by atoms with Crippen LogP contribution in [0.1, 0.15) is 56.4 Å². The second-order valence-electron chi connectivity index (χ2n) is 4.50. The Morgan fingerprint density at radius 1 is 1.22 bits per heavy atom. The molecule has 0 radical (unpaired) electrons. The number of nitrogens with two attached hydrogens (primary N) is 1. The highest BCUT2D eigenvalue weighted by Crippen LogP contribution is 2.28. The maximum Gasteiger partial charge on any atom is 0.104 e. The number of ether oxygens (including phenoxy) is 1. The van der Waals surface area contributed by atoms with E-state index in [0.717, 1.165) is 22.2 Å². The lowest BCUT2D eigenvalue weighted by molar-refractivity contribution is 0.0581. The Bertz CT molecular complexity index is 316. The van der Waals surface area contributed by atoms with Crippen LogP contribution in [0, 0.1) is 0 Å². The quantitative estimate of drug-likeness (QED) is 0.629. The molecule has 0 aliphatic rings. The summed E-state index contributed by atoms with van der Waals surface area (Å²) in [6.45, 7) is 3.55. The summed E-state index contributed by atoms with van der Waals surface area (Å²) in [5.41, 5.74) is 5.73. The zero-order valence-electron chi connectivity index (χ0n) is 11.2. The van der Waals surface area contributed by atoms with Crippen LogP contribution in [-0.2, 0) is 4.74 Å². The smallest absolute Gasteiger partial charge is 0.104 e. The van der Waals surface area contributed by atoms with Gasteiger partial charge >= 0.3 is 0 Å². The van der Waals surface area contributed by atoms with Gasteiger partial charge in [0.25, 0.3) is 0 Å². The molecular weight excluding hydrogens is 266 g/mol. The highest BCUT2D eigenvalue weighted by Gasteiger charge is 2.12. The Morgan fingerprint density at radius 2 is 1.94 bits per heavy atom. The number of unbranched alkanes of at least 4 members (excludes halogenated alkanes) is 5. The molecule has 0 aliphatic heterocycles. The van der Waals surface area contributed by atoms with Gasteiger partial charge < -0.3 is 10.5 Å². The van der Waals surface area contributed by atoms with Crippen molar-refractivity contribution >= 4 is 22.9 Å². The van der Waals surface area contributed by atoms with Gasteiger partial charge in [0, 0.05) is 18.0 Å². The van der Waals surface area contributed by atoms with Crippen molar-refractivity contribution in [2.24, 2.45) is 5.73 Å². The molecule has 0 saturated carbocycles. The van der Waals surface area contributed by atoms with Gasteiger partial charge in [0.05, 0.1) is 4.34 Å². The summed E-state index contributed by atoms with van der Waals surface area (Å²) < 4.78 is 6.62.